The summed E-state index contributed by atoms with van der Waals surface area (Å²) in [6.07, 6.45) is 0. The Labute approximate surface area is 142 Å². The SMILES string of the molecule is Cc1ccc(S(=O)(=O)N2CCN(c3cccc(Cl)c3)CC2)cc1. The second-order valence-electron chi connectivity index (χ2n) is 5.68. The van der Waals surface area contributed by atoms with Gasteiger partial charge in [-0.1, -0.05) is 35.4 Å². The Bertz CT molecular complexity index is 782. The molecule has 4 nitrogen and oxygen atoms in total. The van der Waals surface area contributed by atoms with Crippen LogP contribution in [-0.2, 0) is 10.0 Å². The van der Waals surface area contributed by atoms with E-state index in [-0.39, 0.29) is 0 Å². The minimum absolute atomic E-state index is 0.360. The lowest BCUT2D eigenvalue weighted by Gasteiger charge is -2.35. The lowest BCUT2D eigenvalue weighted by Crippen LogP contribution is -2.48. The zero-order valence-electron chi connectivity index (χ0n) is 12.9. The normalized spacial score (nSPS) is 16.5. The topological polar surface area (TPSA) is 40.6 Å². The van der Waals surface area contributed by atoms with Crippen LogP contribution in [0.3, 0.4) is 0 Å². The van der Waals surface area contributed by atoms with E-state index in [4.69, 9.17) is 11.6 Å². The van der Waals surface area contributed by atoms with E-state index < -0.39 is 10.0 Å². The quantitative estimate of drug-likeness (QED) is 0.853. The third-order valence-electron chi connectivity index (χ3n) is 4.07. The first-order valence-electron chi connectivity index (χ1n) is 7.54. The van der Waals surface area contributed by atoms with Crippen molar-refractivity contribution >= 4 is 27.3 Å². The molecule has 0 spiro atoms. The number of aryl methyl sites for hydroxylation is 1. The molecule has 2 aromatic rings. The molecule has 0 aromatic heterocycles. The molecule has 3 rings (SSSR count). The van der Waals surface area contributed by atoms with E-state index in [1.54, 1.807) is 16.4 Å². The molecule has 0 aliphatic carbocycles. The fourth-order valence-electron chi connectivity index (χ4n) is 2.72. The average Bonchev–Trinajstić information content (AvgIpc) is 2.55. The predicted molar refractivity (Wildman–Crippen MR) is 93.6 cm³/mol. The van der Waals surface area contributed by atoms with E-state index in [1.165, 1.54) is 0 Å². The summed E-state index contributed by atoms with van der Waals surface area (Å²) in [5.74, 6) is 0. The van der Waals surface area contributed by atoms with Crippen LogP contribution in [0.25, 0.3) is 0 Å². The molecule has 1 heterocycles. The van der Waals surface area contributed by atoms with Crippen LogP contribution in [0.1, 0.15) is 5.56 Å². The first kappa shape index (κ1) is 16.3. The van der Waals surface area contributed by atoms with E-state index in [9.17, 15) is 8.42 Å². The molecule has 0 amide bonds. The first-order valence-corrected chi connectivity index (χ1v) is 9.36. The van der Waals surface area contributed by atoms with E-state index in [2.05, 4.69) is 4.90 Å². The van der Waals surface area contributed by atoms with Crippen LogP contribution in [0, 0.1) is 6.92 Å². The lowest BCUT2D eigenvalue weighted by molar-refractivity contribution is 0.385. The summed E-state index contributed by atoms with van der Waals surface area (Å²) in [5, 5.41) is 0.692. The van der Waals surface area contributed by atoms with Crippen molar-refractivity contribution in [2.24, 2.45) is 0 Å². The van der Waals surface area contributed by atoms with Crippen molar-refractivity contribution in [2.75, 3.05) is 31.1 Å². The van der Waals surface area contributed by atoms with Crippen LogP contribution in [0.2, 0.25) is 5.02 Å². The molecule has 0 unspecified atom stereocenters. The maximum atomic E-state index is 12.7. The molecule has 122 valence electrons. The number of benzene rings is 2. The lowest BCUT2D eigenvalue weighted by atomic mass is 10.2. The number of anilines is 1. The highest BCUT2D eigenvalue weighted by molar-refractivity contribution is 7.89. The molecule has 1 aliphatic heterocycles. The predicted octanol–water partition coefficient (Wildman–Crippen LogP) is 3.16. The Kier molecular flexibility index (Phi) is 4.62. The molecule has 1 fully saturated rings. The van der Waals surface area contributed by atoms with E-state index in [1.807, 2.05) is 43.3 Å². The van der Waals surface area contributed by atoms with Crippen LogP contribution >= 0.6 is 11.6 Å². The van der Waals surface area contributed by atoms with Crippen molar-refractivity contribution in [3.05, 3.63) is 59.1 Å². The van der Waals surface area contributed by atoms with Crippen LogP contribution in [-0.4, -0.2) is 38.9 Å². The summed E-state index contributed by atoms with van der Waals surface area (Å²) in [4.78, 5) is 2.52. The highest BCUT2D eigenvalue weighted by Crippen LogP contribution is 2.23. The standard InChI is InChI=1S/C17H19ClN2O2S/c1-14-5-7-17(8-6-14)23(21,22)20-11-9-19(10-12-20)16-4-2-3-15(18)13-16/h2-8,13H,9-12H2,1H3. The van der Waals surface area contributed by atoms with Gasteiger partial charge in [-0.15, -0.1) is 0 Å². The molecule has 0 atom stereocenters. The molecule has 0 N–H and O–H groups in total. The molecule has 0 saturated carbocycles. The van der Waals surface area contributed by atoms with Crippen LogP contribution in [0.15, 0.2) is 53.4 Å². The summed E-state index contributed by atoms with van der Waals surface area (Å²) in [6, 6.07) is 14.7. The number of hydrogen-bond acceptors (Lipinski definition) is 3. The van der Waals surface area contributed by atoms with Gasteiger partial charge in [-0.25, -0.2) is 8.42 Å². The van der Waals surface area contributed by atoms with Gasteiger partial charge in [0.2, 0.25) is 10.0 Å². The molecule has 0 bridgehead atoms. The van der Waals surface area contributed by atoms with E-state index in [0.717, 1.165) is 11.3 Å². The Balaban J connectivity index is 1.72. The minimum Gasteiger partial charge on any atom is -0.369 e. The zero-order chi connectivity index (χ0) is 16.4. The Hall–Kier alpha value is -1.56. The summed E-state index contributed by atoms with van der Waals surface area (Å²) in [7, 11) is -3.41. The number of sulfonamides is 1. The van der Waals surface area contributed by atoms with Gasteiger partial charge in [0.05, 0.1) is 4.90 Å². The molecule has 1 saturated heterocycles. The van der Waals surface area contributed by atoms with Crippen LogP contribution in [0.4, 0.5) is 5.69 Å². The fourth-order valence-corrected chi connectivity index (χ4v) is 4.33. The van der Waals surface area contributed by atoms with E-state index in [0.29, 0.717) is 36.1 Å². The number of halogens is 1. The maximum Gasteiger partial charge on any atom is 0.243 e. The van der Waals surface area contributed by atoms with Crippen LogP contribution < -0.4 is 4.90 Å². The highest BCUT2D eigenvalue weighted by Gasteiger charge is 2.28. The van der Waals surface area contributed by atoms with Crippen molar-refractivity contribution in [2.45, 2.75) is 11.8 Å². The van der Waals surface area contributed by atoms with Crippen LogP contribution in [0.5, 0.6) is 0 Å². The fraction of sp³-hybridized carbons (Fsp3) is 0.294. The van der Waals surface area contributed by atoms with Gasteiger partial charge in [-0.05, 0) is 37.3 Å². The van der Waals surface area contributed by atoms with Gasteiger partial charge >= 0.3 is 0 Å². The molecule has 2 aromatic carbocycles. The molecule has 0 radical (unpaired) electrons. The summed E-state index contributed by atoms with van der Waals surface area (Å²) in [5.41, 5.74) is 2.08. The first-order chi connectivity index (χ1) is 11.0. The largest absolute Gasteiger partial charge is 0.369 e. The van der Waals surface area contributed by atoms with Crippen molar-refractivity contribution < 1.29 is 8.42 Å². The molecule has 6 heteroatoms. The van der Waals surface area contributed by atoms with Gasteiger partial charge in [-0.2, -0.15) is 4.31 Å². The Morgan fingerprint density at radius 2 is 1.61 bits per heavy atom. The zero-order valence-corrected chi connectivity index (χ0v) is 14.5. The summed E-state index contributed by atoms with van der Waals surface area (Å²) >= 11 is 6.03. The second kappa shape index (κ2) is 6.51. The van der Waals surface area contributed by atoms with E-state index >= 15 is 0 Å². The van der Waals surface area contributed by atoms with Crippen molar-refractivity contribution in [3.63, 3.8) is 0 Å². The smallest absolute Gasteiger partial charge is 0.243 e. The van der Waals surface area contributed by atoms with Crippen molar-refractivity contribution in [1.29, 1.82) is 0 Å². The number of nitrogens with zero attached hydrogens (tertiary/aromatic N) is 2. The second-order valence-corrected chi connectivity index (χ2v) is 8.06. The molecule has 23 heavy (non-hydrogen) atoms. The van der Waals surface area contributed by atoms with Gasteiger partial charge in [0, 0.05) is 36.9 Å². The van der Waals surface area contributed by atoms with Crippen molar-refractivity contribution in [1.82, 2.24) is 4.31 Å². The van der Waals surface area contributed by atoms with Crippen molar-refractivity contribution in [3.8, 4) is 0 Å². The number of piperazine rings is 1. The Morgan fingerprint density at radius 3 is 2.22 bits per heavy atom. The third kappa shape index (κ3) is 3.52. The Morgan fingerprint density at radius 1 is 0.957 bits per heavy atom. The maximum absolute atomic E-state index is 12.7. The highest BCUT2D eigenvalue weighted by atomic mass is 35.5. The van der Waals surface area contributed by atoms with Gasteiger partial charge < -0.3 is 4.90 Å². The summed E-state index contributed by atoms with van der Waals surface area (Å²) < 4.78 is 26.9. The van der Waals surface area contributed by atoms with Gasteiger partial charge in [0.1, 0.15) is 0 Å². The van der Waals surface area contributed by atoms with Gasteiger partial charge in [-0.3, -0.25) is 0 Å². The number of hydrogen-bond donors (Lipinski definition) is 0. The molecule has 1 aliphatic rings. The third-order valence-corrected chi connectivity index (χ3v) is 6.22. The minimum atomic E-state index is -3.41. The summed E-state index contributed by atoms with van der Waals surface area (Å²) in [6.45, 7) is 4.21. The molecular weight excluding hydrogens is 332 g/mol. The average molecular weight is 351 g/mol. The monoisotopic (exact) mass is 350 g/mol. The van der Waals surface area contributed by atoms with Gasteiger partial charge in [0.25, 0.3) is 0 Å². The van der Waals surface area contributed by atoms with Gasteiger partial charge in [0.15, 0.2) is 0 Å². The number of rotatable bonds is 3. The molecular formula is C17H19ClN2O2S.